The van der Waals surface area contributed by atoms with Crippen molar-refractivity contribution in [3.63, 3.8) is 0 Å². The van der Waals surface area contributed by atoms with Crippen molar-refractivity contribution in [2.45, 2.75) is 39.3 Å². The molecule has 0 aliphatic heterocycles. The molecule has 2 rings (SSSR count). The SMILES string of the molecule is COc1ccccc1[N-][Si](C)(C)C.COc1ccccc1[N-][Si](C)(C)C.[Cl-].[Cl-].[Zr+4]. The van der Waals surface area contributed by atoms with Gasteiger partial charge in [0, 0.05) is 0 Å². The molecular weight excluding hydrogens is 519 g/mol. The zero-order chi connectivity index (χ0) is 19.8. The molecule has 2 aromatic rings. The predicted octanol–water partition coefficient (Wildman–Crippen LogP) is 1.08. The van der Waals surface area contributed by atoms with E-state index >= 15 is 0 Å². The molecule has 0 bridgehead atoms. The third-order valence-electron chi connectivity index (χ3n) is 3.08. The number of nitrogens with zero attached hydrogens (tertiary/aromatic N) is 2. The molecular formula is C20H32Cl2N2O2Si2Zr. The van der Waals surface area contributed by atoms with E-state index in [1.165, 1.54) is 0 Å². The van der Waals surface area contributed by atoms with Crippen molar-refractivity contribution >= 4 is 27.8 Å². The first kappa shape index (κ1) is 33.2. The number of hydrogen-bond acceptors (Lipinski definition) is 2. The average molecular weight is 551 g/mol. The Balaban J connectivity index is -0.000000422. The molecule has 0 amide bonds. The molecule has 2 aromatic carbocycles. The molecule has 0 unspecified atom stereocenters. The summed E-state index contributed by atoms with van der Waals surface area (Å²) in [6.07, 6.45) is 0. The van der Waals surface area contributed by atoms with Crippen molar-refractivity contribution in [1.82, 2.24) is 0 Å². The summed E-state index contributed by atoms with van der Waals surface area (Å²) in [5, 5.41) is 0. The second-order valence-corrected chi connectivity index (χ2v) is 17.0. The molecule has 0 heterocycles. The second-order valence-electron chi connectivity index (χ2n) is 7.91. The Labute approximate surface area is 210 Å². The van der Waals surface area contributed by atoms with Crippen LogP contribution < -0.4 is 34.3 Å². The maximum atomic E-state index is 5.22. The van der Waals surface area contributed by atoms with Gasteiger partial charge < -0.3 is 44.3 Å². The van der Waals surface area contributed by atoms with Crippen LogP contribution in [-0.4, -0.2) is 30.7 Å². The molecule has 0 N–H and O–H groups in total. The Kier molecular flexibility index (Phi) is 17.6. The van der Waals surface area contributed by atoms with E-state index in [2.05, 4.69) is 49.2 Å². The van der Waals surface area contributed by atoms with Crippen LogP contribution in [0.2, 0.25) is 39.3 Å². The molecule has 0 aromatic heterocycles. The van der Waals surface area contributed by atoms with Gasteiger partial charge in [0.2, 0.25) is 0 Å². The summed E-state index contributed by atoms with van der Waals surface area (Å²) in [5.74, 6) is 1.73. The zero-order valence-corrected chi connectivity index (χ0v) is 24.6. The quantitative estimate of drug-likeness (QED) is 0.506. The van der Waals surface area contributed by atoms with Gasteiger partial charge in [0.25, 0.3) is 0 Å². The monoisotopic (exact) mass is 548 g/mol. The molecule has 9 heteroatoms. The Morgan fingerprint density at radius 1 is 0.586 bits per heavy atom. The summed E-state index contributed by atoms with van der Waals surface area (Å²) in [5.41, 5.74) is 1.95. The molecule has 29 heavy (non-hydrogen) atoms. The first-order chi connectivity index (χ1) is 12.1. The third-order valence-corrected chi connectivity index (χ3v) is 4.91. The van der Waals surface area contributed by atoms with Crippen LogP contribution in [0.25, 0.3) is 9.96 Å². The van der Waals surface area contributed by atoms with Crippen LogP contribution in [-0.2, 0) is 26.2 Å². The van der Waals surface area contributed by atoms with Crippen LogP contribution in [0.3, 0.4) is 0 Å². The molecule has 0 spiro atoms. The molecule has 0 radical (unpaired) electrons. The Morgan fingerprint density at radius 3 is 1.10 bits per heavy atom. The van der Waals surface area contributed by atoms with Gasteiger partial charge in [0.15, 0.2) is 0 Å². The van der Waals surface area contributed by atoms with Crippen LogP contribution in [0.4, 0.5) is 11.4 Å². The van der Waals surface area contributed by atoms with E-state index < -0.39 is 16.5 Å². The van der Waals surface area contributed by atoms with E-state index in [-0.39, 0.29) is 51.0 Å². The van der Waals surface area contributed by atoms with Gasteiger partial charge in [-0.1, -0.05) is 87.1 Å². The number of halogens is 2. The predicted molar refractivity (Wildman–Crippen MR) is 119 cm³/mol. The standard InChI is InChI=1S/2C10H16NOSi.2ClH.Zr/c2*1-12-10-8-6-5-7-9(10)11-13(2,3)4;;;/h2*5-8H,1-4H3;2*1H;/q2*-1;;;+4/p-2. The first-order valence-corrected chi connectivity index (χ1v) is 15.7. The number of para-hydroxylation sites is 2. The second kappa shape index (κ2) is 15.4. The fourth-order valence-electron chi connectivity index (χ4n) is 2.17. The molecule has 0 aliphatic rings. The summed E-state index contributed by atoms with van der Waals surface area (Å²) in [7, 11) is 0.557. The van der Waals surface area contributed by atoms with Crippen molar-refractivity contribution in [2.75, 3.05) is 14.2 Å². The largest absolute Gasteiger partial charge is 4.00 e. The van der Waals surface area contributed by atoms with Gasteiger partial charge in [-0.25, -0.2) is 0 Å². The van der Waals surface area contributed by atoms with Crippen LogP contribution >= 0.6 is 0 Å². The molecule has 0 aliphatic carbocycles. The van der Waals surface area contributed by atoms with Crippen molar-refractivity contribution < 1.29 is 60.5 Å². The first-order valence-electron chi connectivity index (χ1n) is 8.77. The van der Waals surface area contributed by atoms with E-state index in [0.29, 0.717) is 0 Å². The number of rotatable bonds is 6. The minimum Gasteiger partial charge on any atom is -1.00 e. The minimum absolute atomic E-state index is 0. The zero-order valence-electron chi connectivity index (χ0n) is 18.6. The van der Waals surface area contributed by atoms with Gasteiger partial charge in [0.1, 0.15) is 11.5 Å². The van der Waals surface area contributed by atoms with E-state index in [0.717, 1.165) is 22.9 Å². The summed E-state index contributed by atoms with van der Waals surface area (Å²) >= 11 is 0. The number of benzene rings is 2. The van der Waals surface area contributed by atoms with Crippen molar-refractivity contribution in [3.8, 4) is 11.5 Å². The van der Waals surface area contributed by atoms with E-state index in [9.17, 15) is 0 Å². The Morgan fingerprint density at radius 2 is 0.862 bits per heavy atom. The van der Waals surface area contributed by atoms with Gasteiger partial charge in [-0.2, -0.15) is 0 Å². The fraction of sp³-hybridized carbons (Fsp3) is 0.400. The summed E-state index contributed by atoms with van der Waals surface area (Å²) in [6, 6.07) is 15.8. The smallest absolute Gasteiger partial charge is 1.00 e. The maximum absolute atomic E-state index is 5.22. The topological polar surface area (TPSA) is 46.7 Å². The molecule has 0 saturated carbocycles. The normalized spacial score (nSPS) is 9.93. The molecule has 0 fully saturated rings. The van der Waals surface area contributed by atoms with Gasteiger partial charge >= 0.3 is 26.2 Å². The minimum atomic E-state index is -1.40. The number of ether oxygens (including phenoxy) is 2. The van der Waals surface area contributed by atoms with Gasteiger partial charge in [-0.15, -0.1) is 0 Å². The van der Waals surface area contributed by atoms with Gasteiger partial charge in [-0.3, -0.25) is 0 Å². The Hall–Kier alpha value is -0.463. The molecule has 0 atom stereocenters. The van der Waals surface area contributed by atoms with Crippen LogP contribution in [0.15, 0.2) is 48.5 Å². The van der Waals surface area contributed by atoms with Crippen LogP contribution in [0, 0.1) is 0 Å². The fourth-order valence-corrected chi connectivity index (χ4v) is 3.98. The number of methoxy groups -OCH3 is 2. The van der Waals surface area contributed by atoms with Crippen LogP contribution in [0.5, 0.6) is 11.5 Å². The third kappa shape index (κ3) is 14.2. The van der Waals surface area contributed by atoms with Crippen molar-refractivity contribution in [3.05, 3.63) is 58.5 Å². The number of hydrogen-bond donors (Lipinski definition) is 0. The van der Waals surface area contributed by atoms with Gasteiger partial charge in [-0.05, 0) is 28.6 Å². The molecule has 4 nitrogen and oxygen atoms in total. The maximum Gasteiger partial charge on any atom is 4.00 e. The van der Waals surface area contributed by atoms with E-state index in [1.807, 2.05) is 48.5 Å². The van der Waals surface area contributed by atoms with Crippen molar-refractivity contribution in [2.24, 2.45) is 0 Å². The summed E-state index contributed by atoms with van der Waals surface area (Å²) < 4.78 is 10.4. The summed E-state index contributed by atoms with van der Waals surface area (Å²) in [4.78, 5) is 9.35. The van der Waals surface area contributed by atoms with Gasteiger partial charge in [0.05, 0.1) is 14.2 Å². The van der Waals surface area contributed by atoms with Crippen molar-refractivity contribution in [1.29, 1.82) is 0 Å². The van der Waals surface area contributed by atoms with Crippen LogP contribution in [0.1, 0.15) is 0 Å². The van der Waals surface area contributed by atoms with E-state index in [4.69, 9.17) is 9.47 Å². The average Bonchev–Trinajstić information content (AvgIpc) is 2.53. The Bertz CT molecular complexity index is 637. The summed E-state index contributed by atoms with van der Waals surface area (Å²) in [6.45, 7) is 13.2. The molecule has 160 valence electrons. The van der Waals surface area contributed by atoms with E-state index in [1.54, 1.807) is 14.2 Å². The molecule has 0 saturated heterocycles.